The number of carbonyl (C=O) groups is 2. The standard InChI is InChI=1S/C21H27NO4/c1-5-21(6-2)11-18(23)17(19(24)12-21)13-22-16-9-7-15(8-10-16)20(25)26-14(3)4/h7-10,13-14,23H,5-6,11-12H2,1-4H3. The van der Waals surface area contributed by atoms with Crippen molar-refractivity contribution in [2.75, 3.05) is 0 Å². The molecule has 0 spiro atoms. The zero-order chi connectivity index (χ0) is 19.3. The van der Waals surface area contributed by atoms with E-state index >= 15 is 0 Å². The van der Waals surface area contributed by atoms with Crippen LogP contribution in [0.3, 0.4) is 0 Å². The molecule has 1 aromatic carbocycles. The molecule has 1 aliphatic carbocycles. The molecule has 1 aliphatic rings. The maximum Gasteiger partial charge on any atom is 0.338 e. The number of aliphatic hydroxyl groups excluding tert-OH is 1. The molecule has 0 saturated heterocycles. The quantitative estimate of drug-likeness (QED) is 0.578. The molecule has 5 heteroatoms. The minimum Gasteiger partial charge on any atom is -0.511 e. The molecule has 5 nitrogen and oxygen atoms in total. The highest BCUT2D eigenvalue weighted by atomic mass is 16.5. The van der Waals surface area contributed by atoms with Gasteiger partial charge in [0.05, 0.1) is 22.9 Å². The SMILES string of the molecule is CCC1(CC)CC(=O)C(C=Nc2ccc(C(=O)OC(C)C)cc2)=C(O)C1. The Labute approximate surface area is 154 Å². The van der Waals surface area contributed by atoms with Crippen molar-refractivity contribution in [1.82, 2.24) is 0 Å². The third-order valence-corrected chi connectivity index (χ3v) is 4.98. The molecule has 0 bridgehead atoms. The van der Waals surface area contributed by atoms with Crippen LogP contribution in [-0.2, 0) is 9.53 Å². The third kappa shape index (κ3) is 4.59. The van der Waals surface area contributed by atoms with Crippen LogP contribution in [0.5, 0.6) is 0 Å². The van der Waals surface area contributed by atoms with Crippen molar-refractivity contribution in [2.45, 2.75) is 59.5 Å². The number of esters is 1. The van der Waals surface area contributed by atoms with E-state index in [2.05, 4.69) is 18.8 Å². The normalized spacial score (nSPS) is 17.2. The molecule has 0 atom stereocenters. The van der Waals surface area contributed by atoms with E-state index < -0.39 is 0 Å². The zero-order valence-corrected chi connectivity index (χ0v) is 15.9. The van der Waals surface area contributed by atoms with Crippen LogP contribution >= 0.6 is 0 Å². The number of ketones is 1. The summed E-state index contributed by atoms with van der Waals surface area (Å²) in [6.45, 7) is 7.69. The predicted octanol–water partition coefficient (Wildman–Crippen LogP) is 4.94. The van der Waals surface area contributed by atoms with E-state index in [1.807, 2.05) is 0 Å². The molecule has 0 amide bonds. The molecule has 0 unspecified atom stereocenters. The van der Waals surface area contributed by atoms with Gasteiger partial charge in [-0.1, -0.05) is 13.8 Å². The van der Waals surface area contributed by atoms with E-state index in [1.165, 1.54) is 6.21 Å². The molecule has 0 aromatic heterocycles. The topological polar surface area (TPSA) is 76.0 Å². The molecule has 0 radical (unpaired) electrons. The second kappa shape index (κ2) is 8.30. The van der Waals surface area contributed by atoms with E-state index in [0.717, 1.165) is 12.8 Å². The highest BCUT2D eigenvalue weighted by Crippen LogP contribution is 2.41. The summed E-state index contributed by atoms with van der Waals surface area (Å²) in [5.41, 5.74) is 1.19. The fourth-order valence-electron chi connectivity index (χ4n) is 3.11. The Morgan fingerprint density at radius 1 is 1.23 bits per heavy atom. The van der Waals surface area contributed by atoms with Gasteiger partial charge in [0.15, 0.2) is 5.78 Å². The predicted molar refractivity (Wildman–Crippen MR) is 102 cm³/mol. The number of hydrogen-bond acceptors (Lipinski definition) is 5. The molecule has 1 N–H and O–H groups in total. The van der Waals surface area contributed by atoms with Crippen LogP contribution in [0.4, 0.5) is 5.69 Å². The Bertz CT molecular complexity index is 725. The first-order chi connectivity index (χ1) is 12.3. The highest BCUT2D eigenvalue weighted by Gasteiger charge is 2.36. The number of aliphatic hydroxyl groups is 1. The summed E-state index contributed by atoms with van der Waals surface area (Å²) < 4.78 is 5.14. The Hall–Kier alpha value is -2.43. The smallest absolute Gasteiger partial charge is 0.338 e. The lowest BCUT2D eigenvalue weighted by Gasteiger charge is -2.34. The zero-order valence-electron chi connectivity index (χ0n) is 15.9. The third-order valence-electron chi connectivity index (χ3n) is 4.98. The maximum atomic E-state index is 12.4. The second-order valence-corrected chi connectivity index (χ2v) is 7.10. The van der Waals surface area contributed by atoms with E-state index in [0.29, 0.717) is 24.1 Å². The van der Waals surface area contributed by atoms with Gasteiger partial charge >= 0.3 is 5.97 Å². The number of hydrogen-bond donors (Lipinski definition) is 1. The summed E-state index contributed by atoms with van der Waals surface area (Å²) in [6, 6.07) is 6.63. The van der Waals surface area contributed by atoms with Crippen molar-refractivity contribution in [3.05, 3.63) is 41.2 Å². The molecule has 26 heavy (non-hydrogen) atoms. The summed E-state index contributed by atoms with van der Waals surface area (Å²) in [6.07, 6.45) is 3.91. The fraction of sp³-hybridized carbons (Fsp3) is 0.476. The minimum atomic E-state index is -0.381. The van der Waals surface area contributed by atoms with Crippen molar-refractivity contribution in [2.24, 2.45) is 10.4 Å². The Balaban J connectivity index is 2.14. The summed E-state index contributed by atoms with van der Waals surface area (Å²) in [7, 11) is 0. The average molecular weight is 357 g/mol. The van der Waals surface area contributed by atoms with E-state index in [9.17, 15) is 14.7 Å². The first kappa shape index (κ1) is 19.9. The van der Waals surface area contributed by atoms with Crippen LogP contribution in [0.15, 0.2) is 40.6 Å². The molecule has 0 saturated carbocycles. The van der Waals surface area contributed by atoms with Gasteiger partial charge in [-0.05, 0) is 56.4 Å². The van der Waals surface area contributed by atoms with Gasteiger partial charge in [-0.2, -0.15) is 0 Å². The van der Waals surface area contributed by atoms with Gasteiger partial charge in [0.1, 0.15) is 5.76 Å². The van der Waals surface area contributed by atoms with Crippen molar-refractivity contribution < 1.29 is 19.4 Å². The number of nitrogens with zero attached hydrogens (tertiary/aromatic N) is 1. The van der Waals surface area contributed by atoms with Gasteiger partial charge in [0.25, 0.3) is 0 Å². The monoisotopic (exact) mass is 357 g/mol. The number of allylic oxidation sites excluding steroid dienone is 2. The molecule has 0 aliphatic heterocycles. The van der Waals surface area contributed by atoms with Gasteiger partial charge in [0.2, 0.25) is 0 Å². The van der Waals surface area contributed by atoms with Crippen molar-refractivity contribution in [3.8, 4) is 0 Å². The number of Topliss-reactive ketones (excluding diaryl/α,β-unsaturated/α-hetero) is 1. The van der Waals surface area contributed by atoms with Crippen LogP contribution in [-0.4, -0.2) is 29.2 Å². The lowest BCUT2D eigenvalue weighted by molar-refractivity contribution is -0.118. The lowest BCUT2D eigenvalue weighted by Crippen LogP contribution is -2.30. The van der Waals surface area contributed by atoms with Gasteiger partial charge in [0, 0.05) is 19.1 Å². The minimum absolute atomic E-state index is 0.0710. The van der Waals surface area contributed by atoms with Crippen LogP contribution in [0.2, 0.25) is 0 Å². The van der Waals surface area contributed by atoms with Gasteiger partial charge in [-0.25, -0.2) is 4.79 Å². The summed E-state index contributed by atoms with van der Waals surface area (Å²) in [5, 5.41) is 10.3. The fourth-order valence-corrected chi connectivity index (χ4v) is 3.11. The number of aliphatic imine (C=N–C) groups is 1. The maximum absolute atomic E-state index is 12.4. The molecule has 140 valence electrons. The Kier molecular flexibility index (Phi) is 6.35. The molecular weight excluding hydrogens is 330 g/mol. The van der Waals surface area contributed by atoms with Gasteiger partial charge in [-0.3, -0.25) is 9.79 Å². The van der Waals surface area contributed by atoms with E-state index in [-0.39, 0.29) is 34.6 Å². The van der Waals surface area contributed by atoms with E-state index in [4.69, 9.17) is 4.74 Å². The Morgan fingerprint density at radius 2 is 1.85 bits per heavy atom. The second-order valence-electron chi connectivity index (χ2n) is 7.10. The highest BCUT2D eigenvalue weighted by molar-refractivity contribution is 6.15. The lowest BCUT2D eigenvalue weighted by atomic mass is 9.70. The molecule has 2 rings (SSSR count). The summed E-state index contributed by atoms with van der Waals surface area (Å²) in [4.78, 5) is 28.5. The van der Waals surface area contributed by atoms with Crippen molar-refractivity contribution in [1.29, 1.82) is 0 Å². The first-order valence-corrected chi connectivity index (χ1v) is 9.10. The Morgan fingerprint density at radius 3 is 2.35 bits per heavy atom. The van der Waals surface area contributed by atoms with Gasteiger partial charge in [-0.15, -0.1) is 0 Å². The molecule has 0 heterocycles. The summed E-state index contributed by atoms with van der Waals surface area (Å²) in [5.74, 6) is -0.335. The first-order valence-electron chi connectivity index (χ1n) is 9.10. The molecule has 1 aromatic rings. The largest absolute Gasteiger partial charge is 0.511 e. The number of carbonyl (C=O) groups excluding carboxylic acids is 2. The van der Waals surface area contributed by atoms with Crippen LogP contribution in [0, 0.1) is 5.41 Å². The van der Waals surface area contributed by atoms with Crippen LogP contribution < -0.4 is 0 Å². The van der Waals surface area contributed by atoms with Crippen molar-refractivity contribution >= 4 is 23.7 Å². The number of rotatable bonds is 6. The van der Waals surface area contributed by atoms with Gasteiger partial charge < -0.3 is 9.84 Å². The van der Waals surface area contributed by atoms with Crippen LogP contribution in [0.1, 0.15) is 63.7 Å². The van der Waals surface area contributed by atoms with Crippen molar-refractivity contribution in [3.63, 3.8) is 0 Å². The molecular formula is C21H27NO4. The molecule has 0 fully saturated rings. The van der Waals surface area contributed by atoms with E-state index in [1.54, 1.807) is 38.1 Å². The average Bonchev–Trinajstić information content (AvgIpc) is 2.60. The number of benzene rings is 1. The summed E-state index contributed by atoms with van der Waals surface area (Å²) >= 11 is 0. The van der Waals surface area contributed by atoms with Crippen LogP contribution in [0.25, 0.3) is 0 Å². The number of ether oxygens (including phenoxy) is 1.